The van der Waals surface area contributed by atoms with Crippen molar-refractivity contribution < 1.29 is 4.79 Å². The molecule has 1 saturated carbocycles. The molecule has 0 radical (unpaired) electrons. The summed E-state index contributed by atoms with van der Waals surface area (Å²) in [6.45, 7) is 8.06. The highest BCUT2D eigenvalue weighted by molar-refractivity contribution is 5.82. The average Bonchev–Trinajstić information content (AvgIpc) is 2.93. The third-order valence-electron chi connectivity index (χ3n) is 5.47. The minimum atomic E-state index is 0.0739. The molecule has 2 aliphatic rings. The van der Waals surface area contributed by atoms with Crippen LogP contribution in [0.1, 0.15) is 65.7 Å². The standard InChI is InChI=1S/C16H30N2O/c1-4-16(2,3)12-7-9-13(10-8-12)18-15(19)14-6-5-11-17-14/h12-14,17H,4-11H2,1-3H3,(H,18,19). The Bertz CT molecular complexity index is 300. The van der Waals surface area contributed by atoms with Gasteiger partial charge in [0.1, 0.15) is 0 Å². The number of nitrogens with one attached hydrogen (secondary N) is 2. The molecule has 19 heavy (non-hydrogen) atoms. The van der Waals surface area contributed by atoms with Gasteiger partial charge in [-0.2, -0.15) is 0 Å². The maximum absolute atomic E-state index is 12.1. The van der Waals surface area contributed by atoms with Gasteiger partial charge in [-0.25, -0.2) is 0 Å². The van der Waals surface area contributed by atoms with Crippen LogP contribution in [0.25, 0.3) is 0 Å². The number of rotatable bonds is 4. The fraction of sp³-hybridized carbons (Fsp3) is 0.938. The molecule has 1 aliphatic carbocycles. The van der Waals surface area contributed by atoms with Crippen molar-refractivity contribution >= 4 is 5.91 Å². The lowest BCUT2D eigenvalue weighted by molar-refractivity contribution is -0.123. The van der Waals surface area contributed by atoms with Gasteiger partial charge in [-0.1, -0.05) is 27.2 Å². The van der Waals surface area contributed by atoms with Crippen molar-refractivity contribution in [3.63, 3.8) is 0 Å². The normalized spacial score (nSPS) is 32.3. The van der Waals surface area contributed by atoms with Crippen molar-refractivity contribution in [2.75, 3.05) is 6.54 Å². The first-order chi connectivity index (χ1) is 9.03. The third-order valence-corrected chi connectivity index (χ3v) is 5.47. The number of hydrogen-bond acceptors (Lipinski definition) is 2. The van der Waals surface area contributed by atoms with Gasteiger partial charge in [-0.3, -0.25) is 4.79 Å². The second-order valence-electron chi connectivity index (χ2n) is 7.05. The van der Waals surface area contributed by atoms with Crippen molar-refractivity contribution in [1.82, 2.24) is 10.6 Å². The molecule has 1 unspecified atom stereocenters. The topological polar surface area (TPSA) is 41.1 Å². The van der Waals surface area contributed by atoms with Gasteiger partial charge in [0.05, 0.1) is 6.04 Å². The Balaban J connectivity index is 1.75. The molecular weight excluding hydrogens is 236 g/mol. The molecule has 1 saturated heterocycles. The third kappa shape index (κ3) is 3.71. The predicted octanol–water partition coefficient (Wildman–Crippen LogP) is 2.85. The summed E-state index contributed by atoms with van der Waals surface area (Å²) >= 11 is 0. The Labute approximate surface area is 117 Å². The summed E-state index contributed by atoms with van der Waals surface area (Å²) < 4.78 is 0. The van der Waals surface area contributed by atoms with E-state index in [-0.39, 0.29) is 11.9 Å². The lowest BCUT2D eigenvalue weighted by Gasteiger charge is -2.39. The van der Waals surface area contributed by atoms with E-state index in [1.165, 1.54) is 19.3 Å². The molecule has 1 heterocycles. The minimum absolute atomic E-state index is 0.0739. The van der Waals surface area contributed by atoms with E-state index in [9.17, 15) is 4.79 Å². The molecule has 110 valence electrons. The van der Waals surface area contributed by atoms with Crippen LogP contribution in [0.15, 0.2) is 0 Å². The number of carbonyl (C=O) groups excluding carboxylic acids is 1. The lowest BCUT2D eigenvalue weighted by Crippen LogP contribution is -2.46. The number of carbonyl (C=O) groups is 1. The van der Waals surface area contributed by atoms with E-state index in [0.717, 1.165) is 38.1 Å². The molecule has 3 nitrogen and oxygen atoms in total. The molecule has 1 atom stereocenters. The Morgan fingerprint density at radius 2 is 1.89 bits per heavy atom. The van der Waals surface area contributed by atoms with Gasteiger partial charge >= 0.3 is 0 Å². The van der Waals surface area contributed by atoms with E-state index >= 15 is 0 Å². The fourth-order valence-electron chi connectivity index (χ4n) is 3.52. The highest BCUT2D eigenvalue weighted by Crippen LogP contribution is 2.40. The second kappa shape index (κ2) is 6.25. The van der Waals surface area contributed by atoms with Crippen LogP contribution >= 0.6 is 0 Å². The molecule has 0 aromatic rings. The Kier molecular flexibility index (Phi) is 4.88. The summed E-state index contributed by atoms with van der Waals surface area (Å²) in [5, 5.41) is 6.53. The van der Waals surface area contributed by atoms with E-state index in [4.69, 9.17) is 0 Å². The van der Waals surface area contributed by atoms with Crippen molar-refractivity contribution in [3.05, 3.63) is 0 Å². The van der Waals surface area contributed by atoms with Crippen LogP contribution < -0.4 is 10.6 Å². The zero-order valence-electron chi connectivity index (χ0n) is 12.8. The van der Waals surface area contributed by atoms with Crippen molar-refractivity contribution in [1.29, 1.82) is 0 Å². The molecular formula is C16H30N2O. The van der Waals surface area contributed by atoms with Crippen LogP contribution in [0, 0.1) is 11.3 Å². The largest absolute Gasteiger partial charge is 0.352 e. The first-order valence-corrected chi connectivity index (χ1v) is 8.06. The van der Waals surface area contributed by atoms with E-state index in [1.54, 1.807) is 0 Å². The Morgan fingerprint density at radius 1 is 1.21 bits per heavy atom. The van der Waals surface area contributed by atoms with E-state index in [1.807, 2.05) is 0 Å². The summed E-state index contributed by atoms with van der Waals surface area (Å²) in [7, 11) is 0. The molecule has 1 amide bonds. The van der Waals surface area contributed by atoms with E-state index in [2.05, 4.69) is 31.4 Å². The first kappa shape index (κ1) is 14.8. The average molecular weight is 266 g/mol. The van der Waals surface area contributed by atoms with Crippen LogP contribution in [0.4, 0.5) is 0 Å². The summed E-state index contributed by atoms with van der Waals surface area (Å²) in [4.78, 5) is 12.1. The molecule has 0 aromatic heterocycles. The quantitative estimate of drug-likeness (QED) is 0.821. The van der Waals surface area contributed by atoms with Crippen LogP contribution in [-0.4, -0.2) is 24.5 Å². The lowest BCUT2D eigenvalue weighted by atomic mass is 9.69. The fourth-order valence-corrected chi connectivity index (χ4v) is 3.52. The van der Waals surface area contributed by atoms with Gasteiger partial charge in [-0.05, 0) is 56.4 Å². The van der Waals surface area contributed by atoms with Crippen LogP contribution in [0.2, 0.25) is 0 Å². The highest BCUT2D eigenvalue weighted by atomic mass is 16.2. The van der Waals surface area contributed by atoms with E-state index in [0.29, 0.717) is 11.5 Å². The Morgan fingerprint density at radius 3 is 2.42 bits per heavy atom. The maximum atomic E-state index is 12.1. The van der Waals surface area contributed by atoms with Gasteiger partial charge in [-0.15, -0.1) is 0 Å². The second-order valence-corrected chi connectivity index (χ2v) is 7.05. The summed E-state index contributed by atoms with van der Waals surface area (Å²) in [5.74, 6) is 1.06. The zero-order chi connectivity index (χ0) is 13.9. The SMILES string of the molecule is CCC(C)(C)C1CCC(NC(=O)C2CCCN2)CC1. The van der Waals surface area contributed by atoms with Crippen LogP contribution in [0.5, 0.6) is 0 Å². The summed E-state index contributed by atoms with van der Waals surface area (Å²) in [6.07, 6.45) is 8.24. The van der Waals surface area contributed by atoms with Gasteiger partial charge in [0, 0.05) is 6.04 Å². The zero-order valence-corrected chi connectivity index (χ0v) is 12.8. The van der Waals surface area contributed by atoms with Crippen molar-refractivity contribution in [2.45, 2.75) is 77.8 Å². The molecule has 3 heteroatoms. The van der Waals surface area contributed by atoms with Gasteiger partial charge in [0.25, 0.3) is 0 Å². The highest BCUT2D eigenvalue weighted by Gasteiger charge is 2.33. The predicted molar refractivity (Wildman–Crippen MR) is 79.0 cm³/mol. The van der Waals surface area contributed by atoms with Crippen LogP contribution in [0.3, 0.4) is 0 Å². The molecule has 0 spiro atoms. The van der Waals surface area contributed by atoms with Crippen molar-refractivity contribution in [3.8, 4) is 0 Å². The Hall–Kier alpha value is -0.570. The molecule has 2 N–H and O–H groups in total. The summed E-state index contributed by atoms with van der Waals surface area (Å²) in [6, 6.07) is 0.489. The summed E-state index contributed by atoms with van der Waals surface area (Å²) in [5.41, 5.74) is 0.460. The smallest absolute Gasteiger partial charge is 0.237 e. The van der Waals surface area contributed by atoms with Gasteiger partial charge < -0.3 is 10.6 Å². The minimum Gasteiger partial charge on any atom is -0.352 e. The molecule has 2 rings (SSSR count). The first-order valence-electron chi connectivity index (χ1n) is 8.06. The van der Waals surface area contributed by atoms with E-state index < -0.39 is 0 Å². The van der Waals surface area contributed by atoms with Crippen LogP contribution in [-0.2, 0) is 4.79 Å². The maximum Gasteiger partial charge on any atom is 0.237 e. The van der Waals surface area contributed by atoms with Gasteiger partial charge in [0.2, 0.25) is 5.91 Å². The van der Waals surface area contributed by atoms with Gasteiger partial charge in [0.15, 0.2) is 0 Å². The number of amides is 1. The molecule has 2 fully saturated rings. The molecule has 0 bridgehead atoms. The molecule has 1 aliphatic heterocycles. The monoisotopic (exact) mass is 266 g/mol. The molecule has 0 aromatic carbocycles. The number of hydrogen-bond donors (Lipinski definition) is 2. The van der Waals surface area contributed by atoms with Crippen molar-refractivity contribution in [2.24, 2.45) is 11.3 Å².